The third kappa shape index (κ3) is 5.74. The monoisotopic (exact) mass is 348 g/mol. The average molecular weight is 348 g/mol. The Kier molecular flexibility index (Phi) is 5.95. The molecule has 8 nitrogen and oxygen atoms in total. The lowest BCUT2D eigenvalue weighted by atomic mass is 10.1. The van der Waals surface area contributed by atoms with Crippen LogP contribution in [0.4, 0.5) is 4.79 Å². The lowest BCUT2D eigenvalue weighted by Crippen LogP contribution is -2.40. The van der Waals surface area contributed by atoms with Crippen LogP contribution in [0.3, 0.4) is 0 Å². The molecule has 0 radical (unpaired) electrons. The molecular weight excluding hydrogens is 324 g/mol. The summed E-state index contributed by atoms with van der Waals surface area (Å²) in [5, 5.41) is 3.61. The Hall–Kier alpha value is -2.64. The summed E-state index contributed by atoms with van der Waals surface area (Å²) in [7, 11) is 0. The molecule has 1 aliphatic heterocycles. The first kappa shape index (κ1) is 18.7. The first-order valence-corrected chi connectivity index (χ1v) is 8.20. The van der Waals surface area contributed by atoms with Crippen LogP contribution in [-0.2, 0) is 14.4 Å². The van der Waals surface area contributed by atoms with E-state index in [2.05, 4.69) is 10.1 Å². The van der Waals surface area contributed by atoms with E-state index < -0.39 is 17.7 Å². The Morgan fingerprint density at radius 3 is 2.80 bits per heavy atom. The van der Waals surface area contributed by atoms with Gasteiger partial charge in [0, 0.05) is 18.8 Å². The summed E-state index contributed by atoms with van der Waals surface area (Å²) >= 11 is 0. The van der Waals surface area contributed by atoms with E-state index >= 15 is 0 Å². The molecule has 0 bridgehead atoms. The number of pyridine rings is 1. The fraction of sp³-hybridized carbons (Fsp3) is 0.529. The van der Waals surface area contributed by atoms with Crippen molar-refractivity contribution in [1.29, 1.82) is 0 Å². The van der Waals surface area contributed by atoms with Crippen LogP contribution < -0.4 is 5.73 Å². The lowest BCUT2D eigenvalue weighted by molar-refractivity contribution is -0.144. The number of rotatable bonds is 4. The van der Waals surface area contributed by atoms with Gasteiger partial charge in [-0.3, -0.25) is 4.98 Å². The third-order valence-electron chi connectivity index (χ3n) is 3.58. The molecule has 1 aromatic heterocycles. The van der Waals surface area contributed by atoms with Crippen molar-refractivity contribution in [3.63, 3.8) is 0 Å². The highest BCUT2D eigenvalue weighted by atomic mass is 16.7. The maximum Gasteiger partial charge on any atom is 0.410 e. The molecule has 1 saturated heterocycles. The highest BCUT2D eigenvalue weighted by Gasteiger charge is 2.33. The van der Waals surface area contributed by atoms with E-state index in [1.165, 1.54) is 0 Å². The fourth-order valence-electron chi connectivity index (χ4n) is 2.50. The van der Waals surface area contributed by atoms with Crippen molar-refractivity contribution in [2.45, 2.75) is 51.7 Å². The van der Waals surface area contributed by atoms with Crippen LogP contribution in [0, 0.1) is 0 Å². The quantitative estimate of drug-likeness (QED) is 0.386. The first-order valence-electron chi connectivity index (χ1n) is 8.20. The smallest absolute Gasteiger partial charge is 0.410 e. The zero-order chi connectivity index (χ0) is 18.4. The number of likely N-dealkylation sites (tertiary alicyclic amines) is 1. The van der Waals surface area contributed by atoms with Gasteiger partial charge in [-0.1, -0.05) is 11.2 Å². The van der Waals surface area contributed by atoms with E-state index in [-0.39, 0.29) is 18.3 Å². The van der Waals surface area contributed by atoms with Crippen LogP contribution in [0.1, 0.15) is 45.7 Å². The van der Waals surface area contributed by atoms with Gasteiger partial charge in [0.15, 0.2) is 5.84 Å². The van der Waals surface area contributed by atoms with Crippen molar-refractivity contribution >= 4 is 17.9 Å². The topological polar surface area (TPSA) is 107 Å². The predicted molar refractivity (Wildman–Crippen MR) is 91.6 cm³/mol. The van der Waals surface area contributed by atoms with E-state index in [0.29, 0.717) is 18.7 Å². The summed E-state index contributed by atoms with van der Waals surface area (Å²) in [6.45, 7) is 5.98. The molecule has 0 spiro atoms. The van der Waals surface area contributed by atoms with Crippen LogP contribution in [0.2, 0.25) is 0 Å². The second-order valence-electron chi connectivity index (χ2n) is 6.83. The molecule has 1 fully saturated rings. The van der Waals surface area contributed by atoms with Gasteiger partial charge in [-0.2, -0.15) is 0 Å². The van der Waals surface area contributed by atoms with E-state index in [0.717, 1.165) is 6.42 Å². The van der Waals surface area contributed by atoms with Crippen LogP contribution in [0.15, 0.2) is 29.6 Å². The molecule has 2 N–H and O–H groups in total. The van der Waals surface area contributed by atoms with Gasteiger partial charge in [-0.15, -0.1) is 0 Å². The predicted octanol–water partition coefficient (Wildman–Crippen LogP) is 2.03. The van der Waals surface area contributed by atoms with Gasteiger partial charge in [0.2, 0.25) is 0 Å². The number of amidine groups is 1. The largest absolute Gasteiger partial charge is 0.444 e. The average Bonchev–Trinajstić information content (AvgIpc) is 3.00. The van der Waals surface area contributed by atoms with Crippen LogP contribution in [-0.4, -0.2) is 46.0 Å². The SMILES string of the molecule is CC(C)(C)OC(=O)N1CCC[C@H]1CC(=O)O/N=C(\N)c1ccccn1. The molecule has 2 heterocycles. The van der Waals surface area contributed by atoms with Crippen molar-refractivity contribution in [2.75, 3.05) is 6.54 Å². The Labute approximate surface area is 147 Å². The van der Waals surface area contributed by atoms with Crippen molar-refractivity contribution < 1.29 is 19.2 Å². The molecule has 0 aliphatic carbocycles. The summed E-state index contributed by atoms with van der Waals surface area (Å²) < 4.78 is 5.37. The minimum absolute atomic E-state index is 0.0179. The molecule has 0 saturated carbocycles. The van der Waals surface area contributed by atoms with Gasteiger partial charge in [0.25, 0.3) is 0 Å². The van der Waals surface area contributed by atoms with Crippen molar-refractivity contribution in [1.82, 2.24) is 9.88 Å². The molecule has 25 heavy (non-hydrogen) atoms. The second kappa shape index (κ2) is 7.96. The van der Waals surface area contributed by atoms with Gasteiger partial charge in [0.05, 0.1) is 6.42 Å². The fourth-order valence-corrected chi connectivity index (χ4v) is 2.50. The van der Waals surface area contributed by atoms with E-state index in [9.17, 15) is 9.59 Å². The van der Waals surface area contributed by atoms with Crippen molar-refractivity contribution in [3.05, 3.63) is 30.1 Å². The molecule has 2 rings (SSSR count). The summed E-state index contributed by atoms with van der Waals surface area (Å²) in [4.78, 5) is 34.6. The molecule has 8 heteroatoms. The minimum Gasteiger partial charge on any atom is -0.444 e. The number of carbonyl (C=O) groups is 2. The zero-order valence-corrected chi connectivity index (χ0v) is 14.8. The van der Waals surface area contributed by atoms with Crippen LogP contribution in [0.25, 0.3) is 0 Å². The maximum absolute atomic E-state index is 12.2. The highest BCUT2D eigenvalue weighted by molar-refractivity contribution is 5.95. The molecule has 0 unspecified atom stereocenters. The number of aromatic nitrogens is 1. The second-order valence-corrected chi connectivity index (χ2v) is 6.83. The van der Waals surface area contributed by atoms with Gasteiger partial charge >= 0.3 is 12.1 Å². The highest BCUT2D eigenvalue weighted by Crippen LogP contribution is 2.23. The maximum atomic E-state index is 12.2. The lowest BCUT2D eigenvalue weighted by Gasteiger charge is -2.28. The minimum atomic E-state index is -0.577. The number of ether oxygens (including phenoxy) is 1. The zero-order valence-electron chi connectivity index (χ0n) is 14.8. The molecule has 1 atom stereocenters. The number of nitrogens with zero attached hydrogens (tertiary/aromatic N) is 3. The van der Waals surface area contributed by atoms with Gasteiger partial charge < -0.3 is 20.2 Å². The summed E-state index contributed by atoms with van der Waals surface area (Å²) in [6, 6.07) is 4.90. The standard InChI is InChI=1S/C17H24N4O4/c1-17(2,3)24-16(23)21-10-6-7-12(21)11-14(22)25-20-15(18)13-8-4-5-9-19-13/h4-5,8-9,12H,6-7,10-11H2,1-3H3,(H2,18,20)/t12-/m0/s1. The number of nitrogens with two attached hydrogens (primary N) is 1. The molecule has 1 aliphatic rings. The van der Waals surface area contributed by atoms with Crippen LogP contribution >= 0.6 is 0 Å². The van der Waals surface area contributed by atoms with Gasteiger partial charge in [-0.05, 0) is 45.7 Å². The summed E-state index contributed by atoms with van der Waals surface area (Å²) in [5.41, 5.74) is 5.57. The Bertz CT molecular complexity index is 640. The normalized spacial score (nSPS) is 18.1. The molecule has 0 aromatic carbocycles. The van der Waals surface area contributed by atoms with Crippen LogP contribution in [0.5, 0.6) is 0 Å². The molecular formula is C17H24N4O4. The molecule has 1 amide bonds. The first-order chi connectivity index (χ1) is 11.8. The van der Waals surface area contributed by atoms with Crippen molar-refractivity contribution in [3.8, 4) is 0 Å². The van der Waals surface area contributed by atoms with Gasteiger partial charge in [0.1, 0.15) is 11.3 Å². The van der Waals surface area contributed by atoms with E-state index in [1.807, 2.05) is 0 Å². The van der Waals surface area contributed by atoms with Gasteiger partial charge in [-0.25, -0.2) is 9.59 Å². The Morgan fingerprint density at radius 2 is 2.16 bits per heavy atom. The number of hydrogen-bond acceptors (Lipinski definition) is 6. The number of carbonyl (C=O) groups excluding carboxylic acids is 2. The Balaban J connectivity index is 1.90. The molecule has 1 aromatic rings. The third-order valence-corrected chi connectivity index (χ3v) is 3.58. The summed E-state index contributed by atoms with van der Waals surface area (Å²) in [5.74, 6) is -0.538. The number of oxime groups is 1. The number of hydrogen-bond donors (Lipinski definition) is 1. The van der Waals surface area contributed by atoms with E-state index in [1.54, 1.807) is 50.1 Å². The molecule has 136 valence electrons. The van der Waals surface area contributed by atoms with E-state index in [4.69, 9.17) is 15.3 Å². The Morgan fingerprint density at radius 1 is 1.40 bits per heavy atom. The number of amides is 1. The summed E-state index contributed by atoms with van der Waals surface area (Å²) in [6.07, 6.45) is 2.72. The van der Waals surface area contributed by atoms with Crippen molar-refractivity contribution in [2.24, 2.45) is 10.9 Å².